The average molecular weight is 315 g/mol. The Hall–Kier alpha value is -2.89. The molecule has 0 spiro atoms. The third kappa shape index (κ3) is 4.06. The lowest BCUT2D eigenvalue weighted by atomic mass is 10.0. The van der Waals surface area contributed by atoms with Gasteiger partial charge in [0.2, 0.25) is 0 Å². The zero-order chi connectivity index (χ0) is 17.0. The monoisotopic (exact) mass is 315 g/mol. The highest BCUT2D eigenvalue weighted by atomic mass is 16.4. The highest BCUT2D eigenvalue weighted by Crippen LogP contribution is 2.12. The van der Waals surface area contributed by atoms with Crippen molar-refractivity contribution in [2.45, 2.75) is 26.3 Å². The standard InChI is InChI=1S/C17H17NO5/c1-10-8-14(19)23-11(2)15(10)16(20)18-13(17(21)22)9-12-6-4-3-5-7-12/h3-8,13H,9H2,1-2H3,(H,18,20)(H,21,22)/t13-/m0/s1. The molecule has 1 aromatic heterocycles. The Kier molecular flexibility index (Phi) is 4.95. The quantitative estimate of drug-likeness (QED) is 0.875. The van der Waals surface area contributed by atoms with Gasteiger partial charge in [0, 0.05) is 12.5 Å². The molecule has 1 amide bonds. The van der Waals surface area contributed by atoms with Crippen LogP contribution in [-0.2, 0) is 11.2 Å². The summed E-state index contributed by atoms with van der Waals surface area (Å²) in [4.78, 5) is 35.0. The van der Waals surface area contributed by atoms with Crippen molar-refractivity contribution in [3.63, 3.8) is 0 Å². The van der Waals surface area contributed by atoms with E-state index in [0.29, 0.717) is 5.56 Å². The highest BCUT2D eigenvalue weighted by Gasteiger charge is 2.23. The molecule has 23 heavy (non-hydrogen) atoms. The lowest BCUT2D eigenvalue weighted by Crippen LogP contribution is -2.42. The first-order valence-electron chi connectivity index (χ1n) is 7.07. The molecule has 6 heteroatoms. The molecule has 2 N–H and O–H groups in total. The molecule has 0 bridgehead atoms. The van der Waals surface area contributed by atoms with Crippen molar-refractivity contribution in [3.05, 3.63) is 69.3 Å². The lowest BCUT2D eigenvalue weighted by Gasteiger charge is -2.16. The first-order chi connectivity index (χ1) is 10.9. The summed E-state index contributed by atoms with van der Waals surface area (Å²) in [5.41, 5.74) is 0.882. The predicted octanol–water partition coefficient (Wildman–Crippen LogP) is 1.68. The molecule has 2 rings (SSSR count). The van der Waals surface area contributed by atoms with E-state index in [4.69, 9.17) is 4.42 Å². The molecule has 0 unspecified atom stereocenters. The molecule has 120 valence electrons. The van der Waals surface area contributed by atoms with Crippen LogP contribution in [0.5, 0.6) is 0 Å². The summed E-state index contributed by atoms with van der Waals surface area (Å²) >= 11 is 0. The summed E-state index contributed by atoms with van der Waals surface area (Å²) in [6.45, 7) is 3.10. The number of carbonyl (C=O) groups excluding carboxylic acids is 1. The van der Waals surface area contributed by atoms with E-state index in [9.17, 15) is 19.5 Å². The zero-order valence-electron chi connectivity index (χ0n) is 12.8. The normalized spacial score (nSPS) is 11.7. The van der Waals surface area contributed by atoms with Crippen LogP contribution in [0.25, 0.3) is 0 Å². The molecular formula is C17H17NO5. The topological polar surface area (TPSA) is 96.6 Å². The maximum Gasteiger partial charge on any atom is 0.336 e. The van der Waals surface area contributed by atoms with Gasteiger partial charge in [0.25, 0.3) is 5.91 Å². The van der Waals surface area contributed by atoms with E-state index in [1.807, 2.05) is 6.07 Å². The minimum Gasteiger partial charge on any atom is -0.480 e. The number of aryl methyl sites for hydroxylation is 2. The van der Waals surface area contributed by atoms with E-state index in [2.05, 4.69) is 5.32 Å². The SMILES string of the molecule is Cc1cc(=O)oc(C)c1C(=O)N[C@@H](Cc1ccccc1)C(=O)O. The van der Waals surface area contributed by atoms with Gasteiger partial charge in [-0.3, -0.25) is 4.79 Å². The van der Waals surface area contributed by atoms with E-state index in [-0.39, 0.29) is 17.7 Å². The van der Waals surface area contributed by atoms with Crippen molar-refractivity contribution < 1.29 is 19.1 Å². The fourth-order valence-electron chi connectivity index (χ4n) is 2.38. The number of aliphatic carboxylic acids is 1. The molecule has 6 nitrogen and oxygen atoms in total. The third-order valence-corrected chi connectivity index (χ3v) is 3.45. The first-order valence-corrected chi connectivity index (χ1v) is 7.07. The largest absolute Gasteiger partial charge is 0.480 e. The Labute approximate surface area is 132 Å². The lowest BCUT2D eigenvalue weighted by molar-refractivity contribution is -0.139. The number of hydrogen-bond donors (Lipinski definition) is 2. The Morgan fingerprint density at radius 1 is 1.22 bits per heavy atom. The van der Waals surface area contributed by atoms with Crippen LogP contribution >= 0.6 is 0 Å². The maximum absolute atomic E-state index is 12.4. The van der Waals surface area contributed by atoms with Gasteiger partial charge in [0.05, 0.1) is 5.56 Å². The number of carboxylic acids is 1. The molecule has 2 aromatic rings. The van der Waals surface area contributed by atoms with E-state index >= 15 is 0 Å². The molecule has 0 saturated carbocycles. The van der Waals surface area contributed by atoms with Gasteiger partial charge in [0.15, 0.2) is 0 Å². The van der Waals surface area contributed by atoms with Gasteiger partial charge in [0.1, 0.15) is 11.8 Å². The van der Waals surface area contributed by atoms with Gasteiger partial charge in [-0.1, -0.05) is 30.3 Å². The Bertz CT molecular complexity index is 753. The van der Waals surface area contributed by atoms with Gasteiger partial charge >= 0.3 is 11.6 Å². The Morgan fingerprint density at radius 2 is 1.87 bits per heavy atom. The fourth-order valence-corrected chi connectivity index (χ4v) is 2.38. The van der Waals surface area contributed by atoms with Crippen LogP contribution in [0.3, 0.4) is 0 Å². The molecule has 1 aromatic carbocycles. The average Bonchev–Trinajstić information content (AvgIpc) is 2.46. The van der Waals surface area contributed by atoms with Crippen LogP contribution < -0.4 is 10.9 Å². The summed E-state index contributed by atoms with van der Waals surface area (Å²) in [5, 5.41) is 11.8. The summed E-state index contributed by atoms with van der Waals surface area (Å²) in [6.07, 6.45) is 0.163. The number of nitrogens with one attached hydrogen (secondary N) is 1. The molecule has 0 radical (unpaired) electrons. The third-order valence-electron chi connectivity index (χ3n) is 3.45. The van der Waals surface area contributed by atoms with Gasteiger partial charge in [-0.2, -0.15) is 0 Å². The molecule has 1 heterocycles. The van der Waals surface area contributed by atoms with Gasteiger partial charge in [-0.05, 0) is 25.0 Å². The van der Waals surface area contributed by atoms with Gasteiger partial charge in [-0.25, -0.2) is 9.59 Å². The Balaban J connectivity index is 2.22. The first kappa shape index (κ1) is 16.5. The summed E-state index contributed by atoms with van der Waals surface area (Å²) in [7, 11) is 0. The molecule has 0 saturated heterocycles. The molecule has 0 aliphatic heterocycles. The fraction of sp³-hybridized carbons (Fsp3) is 0.235. The van der Waals surface area contributed by atoms with Crippen LogP contribution in [-0.4, -0.2) is 23.0 Å². The molecule has 1 atom stereocenters. The van der Waals surface area contributed by atoms with Crippen LogP contribution in [0, 0.1) is 13.8 Å². The van der Waals surface area contributed by atoms with E-state index in [0.717, 1.165) is 5.56 Å². The number of amides is 1. The molecule has 0 aliphatic rings. The number of carboxylic acid groups (broad SMARTS) is 1. The van der Waals surface area contributed by atoms with Crippen molar-refractivity contribution in [2.75, 3.05) is 0 Å². The number of benzene rings is 1. The second kappa shape index (κ2) is 6.91. The second-order valence-electron chi connectivity index (χ2n) is 5.23. The minimum absolute atomic E-state index is 0.163. The van der Waals surface area contributed by atoms with E-state index < -0.39 is 23.5 Å². The summed E-state index contributed by atoms with van der Waals surface area (Å²) in [6, 6.07) is 9.15. The number of rotatable bonds is 5. The van der Waals surface area contributed by atoms with Gasteiger partial charge < -0.3 is 14.8 Å². The number of hydrogen-bond acceptors (Lipinski definition) is 4. The second-order valence-corrected chi connectivity index (χ2v) is 5.23. The maximum atomic E-state index is 12.4. The van der Waals surface area contributed by atoms with E-state index in [1.165, 1.54) is 13.0 Å². The molecular weight excluding hydrogens is 298 g/mol. The smallest absolute Gasteiger partial charge is 0.336 e. The highest BCUT2D eigenvalue weighted by molar-refractivity contribution is 5.98. The van der Waals surface area contributed by atoms with Crippen LogP contribution in [0.2, 0.25) is 0 Å². The van der Waals surface area contributed by atoms with Crippen molar-refractivity contribution >= 4 is 11.9 Å². The number of carbonyl (C=O) groups is 2. The van der Waals surface area contributed by atoms with Crippen LogP contribution in [0.15, 0.2) is 45.6 Å². The predicted molar refractivity (Wildman–Crippen MR) is 83.5 cm³/mol. The summed E-state index contributed by atoms with van der Waals surface area (Å²) in [5.74, 6) is -1.54. The van der Waals surface area contributed by atoms with Crippen LogP contribution in [0.4, 0.5) is 0 Å². The van der Waals surface area contributed by atoms with Crippen molar-refractivity contribution in [2.24, 2.45) is 0 Å². The van der Waals surface area contributed by atoms with Gasteiger partial charge in [-0.15, -0.1) is 0 Å². The van der Waals surface area contributed by atoms with Crippen molar-refractivity contribution in [1.29, 1.82) is 0 Å². The summed E-state index contributed by atoms with van der Waals surface area (Å²) < 4.78 is 4.91. The zero-order valence-corrected chi connectivity index (χ0v) is 12.8. The van der Waals surface area contributed by atoms with E-state index in [1.54, 1.807) is 31.2 Å². The molecule has 0 aliphatic carbocycles. The molecule has 0 fully saturated rings. The van der Waals surface area contributed by atoms with Crippen molar-refractivity contribution in [1.82, 2.24) is 5.32 Å². The Morgan fingerprint density at radius 3 is 2.43 bits per heavy atom. The van der Waals surface area contributed by atoms with Crippen molar-refractivity contribution in [3.8, 4) is 0 Å². The minimum atomic E-state index is -1.13. The van der Waals surface area contributed by atoms with Crippen LogP contribution in [0.1, 0.15) is 27.2 Å².